The third-order valence-electron chi connectivity index (χ3n) is 4.59. The van der Waals surface area contributed by atoms with Crippen molar-refractivity contribution in [2.45, 2.75) is 25.9 Å². The van der Waals surface area contributed by atoms with Crippen LogP contribution < -0.4 is 0 Å². The molecule has 0 saturated carbocycles. The molecule has 1 atom stereocenters. The van der Waals surface area contributed by atoms with E-state index >= 15 is 0 Å². The van der Waals surface area contributed by atoms with Crippen LogP contribution in [-0.2, 0) is 6.54 Å². The Labute approximate surface area is 141 Å². The average Bonchev–Trinajstić information content (AvgIpc) is 2.78. The van der Waals surface area contributed by atoms with E-state index in [1.165, 1.54) is 17.8 Å². The number of amides is 1. The number of halogens is 1. The molecule has 0 radical (unpaired) electrons. The maximum Gasteiger partial charge on any atom is 0.254 e. The summed E-state index contributed by atoms with van der Waals surface area (Å²) in [6, 6.07) is 13.5. The van der Waals surface area contributed by atoms with Gasteiger partial charge in [0.25, 0.3) is 5.91 Å². The molecule has 1 aromatic carbocycles. The number of hydrogen-bond donors (Lipinski definition) is 0. The third kappa shape index (κ3) is 3.97. The summed E-state index contributed by atoms with van der Waals surface area (Å²) in [4.78, 5) is 20.3. The van der Waals surface area contributed by atoms with Crippen LogP contribution in [0.15, 0.2) is 48.7 Å². The Hall–Kier alpha value is -2.27. The fraction of sp³-hybridized carbons (Fsp3) is 0.368. The lowest BCUT2D eigenvalue weighted by atomic mass is 10.1. The molecule has 1 saturated heterocycles. The molecular weight excluding hydrogens is 305 g/mol. The smallest absolute Gasteiger partial charge is 0.254 e. The largest absolute Gasteiger partial charge is 0.337 e. The highest BCUT2D eigenvalue weighted by Crippen LogP contribution is 2.16. The predicted molar refractivity (Wildman–Crippen MR) is 91.0 cm³/mol. The second-order valence-electron chi connectivity index (χ2n) is 6.25. The van der Waals surface area contributed by atoms with Gasteiger partial charge in [-0.05, 0) is 25.0 Å². The summed E-state index contributed by atoms with van der Waals surface area (Å²) in [5, 5.41) is 0. The van der Waals surface area contributed by atoms with E-state index in [-0.39, 0.29) is 5.91 Å². The van der Waals surface area contributed by atoms with Crippen molar-refractivity contribution in [3.63, 3.8) is 0 Å². The first-order chi connectivity index (χ1) is 11.6. The second-order valence-corrected chi connectivity index (χ2v) is 6.25. The van der Waals surface area contributed by atoms with Crippen molar-refractivity contribution in [3.8, 4) is 0 Å². The van der Waals surface area contributed by atoms with Crippen LogP contribution in [0.3, 0.4) is 0 Å². The van der Waals surface area contributed by atoms with Crippen LogP contribution in [0.4, 0.5) is 4.39 Å². The van der Waals surface area contributed by atoms with Crippen LogP contribution in [0.1, 0.15) is 29.3 Å². The van der Waals surface area contributed by atoms with Gasteiger partial charge in [0.1, 0.15) is 0 Å². The van der Waals surface area contributed by atoms with Gasteiger partial charge in [0.15, 0.2) is 0 Å². The third-order valence-corrected chi connectivity index (χ3v) is 4.59. The van der Waals surface area contributed by atoms with E-state index in [9.17, 15) is 9.18 Å². The zero-order valence-corrected chi connectivity index (χ0v) is 13.9. The van der Waals surface area contributed by atoms with Crippen molar-refractivity contribution in [1.82, 2.24) is 14.8 Å². The van der Waals surface area contributed by atoms with Gasteiger partial charge in [-0.15, -0.1) is 0 Å². The molecule has 3 rings (SSSR count). The molecule has 0 aliphatic carbocycles. The van der Waals surface area contributed by atoms with Gasteiger partial charge < -0.3 is 4.90 Å². The summed E-state index contributed by atoms with van der Waals surface area (Å²) in [6.07, 6.45) is 2.25. The molecule has 1 amide bonds. The van der Waals surface area contributed by atoms with Gasteiger partial charge in [-0.25, -0.2) is 4.98 Å². The Balaban J connectivity index is 1.66. The van der Waals surface area contributed by atoms with Crippen molar-refractivity contribution in [3.05, 3.63) is 65.7 Å². The fourth-order valence-electron chi connectivity index (χ4n) is 3.08. The van der Waals surface area contributed by atoms with E-state index in [4.69, 9.17) is 0 Å². The molecule has 1 aliphatic rings. The Morgan fingerprint density at radius 2 is 2.00 bits per heavy atom. The van der Waals surface area contributed by atoms with Crippen molar-refractivity contribution >= 4 is 5.91 Å². The minimum atomic E-state index is -0.616. The summed E-state index contributed by atoms with van der Waals surface area (Å²) >= 11 is 0. The van der Waals surface area contributed by atoms with E-state index in [0.717, 1.165) is 19.5 Å². The number of nitrogens with zero attached hydrogens (tertiary/aromatic N) is 3. The molecule has 0 unspecified atom stereocenters. The Bertz CT molecular complexity index is 692. The summed E-state index contributed by atoms with van der Waals surface area (Å²) < 4.78 is 13.3. The Morgan fingerprint density at radius 1 is 1.21 bits per heavy atom. The first-order valence-electron chi connectivity index (χ1n) is 8.32. The second kappa shape index (κ2) is 7.53. The lowest BCUT2D eigenvalue weighted by Crippen LogP contribution is -2.36. The van der Waals surface area contributed by atoms with Crippen molar-refractivity contribution in [2.75, 3.05) is 19.6 Å². The van der Waals surface area contributed by atoms with Gasteiger partial charge in [-0.3, -0.25) is 9.69 Å². The minimum Gasteiger partial charge on any atom is -0.337 e. The molecule has 2 aromatic rings. The maximum absolute atomic E-state index is 13.3. The van der Waals surface area contributed by atoms with Crippen LogP contribution in [0.5, 0.6) is 0 Å². The van der Waals surface area contributed by atoms with Crippen molar-refractivity contribution in [2.24, 2.45) is 0 Å². The molecule has 4 nitrogen and oxygen atoms in total. The van der Waals surface area contributed by atoms with E-state index in [1.54, 1.807) is 6.07 Å². The van der Waals surface area contributed by atoms with Gasteiger partial charge >= 0.3 is 0 Å². The summed E-state index contributed by atoms with van der Waals surface area (Å²) in [6.45, 7) is 5.24. The number of carbonyl (C=O) groups is 1. The first kappa shape index (κ1) is 16.6. The molecule has 24 heavy (non-hydrogen) atoms. The Kier molecular flexibility index (Phi) is 5.20. The number of carbonyl (C=O) groups excluding carboxylic acids is 1. The van der Waals surface area contributed by atoms with Crippen LogP contribution in [0.25, 0.3) is 0 Å². The lowest BCUT2D eigenvalue weighted by Gasteiger charge is -2.26. The predicted octanol–water partition coefficient (Wildman–Crippen LogP) is 2.96. The number of hydrogen-bond acceptors (Lipinski definition) is 3. The molecule has 5 heteroatoms. The van der Waals surface area contributed by atoms with E-state index in [0.29, 0.717) is 24.7 Å². The highest BCUT2D eigenvalue weighted by Gasteiger charge is 2.24. The van der Waals surface area contributed by atoms with E-state index < -0.39 is 5.95 Å². The summed E-state index contributed by atoms with van der Waals surface area (Å²) in [7, 11) is 0. The van der Waals surface area contributed by atoms with E-state index in [2.05, 4.69) is 28.9 Å². The number of pyridine rings is 1. The van der Waals surface area contributed by atoms with Crippen LogP contribution in [0, 0.1) is 5.95 Å². The van der Waals surface area contributed by atoms with Crippen LogP contribution in [0.2, 0.25) is 0 Å². The van der Waals surface area contributed by atoms with Crippen molar-refractivity contribution in [1.29, 1.82) is 0 Å². The maximum atomic E-state index is 13.3. The molecule has 1 aromatic heterocycles. The van der Waals surface area contributed by atoms with Crippen molar-refractivity contribution < 1.29 is 9.18 Å². The quantitative estimate of drug-likeness (QED) is 0.813. The molecule has 2 heterocycles. The van der Waals surface area contributed by atoms with Gasteiger partial charge in [-0.2, -0.15) is 4.39 Å². The van der Waals surface area contributed by atoms with Crippen LogP contribution >= 0.6 is 0 Å². The zero-order chi connectivity index (χ0) is 16.9. The average molecular weight is 327 g/mol. The minimum absolute atomic E-state index is 0.120. The Morgan fingerprint density at radius 3 is 2.75 bits per heavy atom. The molecule has 1 fully saturated rings. The molecule has 1 aliphatic heterocycles. The molecule has 0 bridgehead atoms. The topological polar surface area (TPSA) is 36.4 Å². The molecule has 126 valence electrons. The van der Waals surface area contributed by atoms with Gasteiger partial charge in [-0.1, -0.05) is 30.3 Å². The summed E-state index contributed by atoms with van der Waals surface area (Å²) in [5.41, 5.74) is 1.65. The zero-order valence-electron chi connectivity index (χ0n) is 13.9. The number of aromatic nitrogens is 1. The standard InChI is InChI=1S/C19H22FN3O/c1-15-8-10-22(19(24)17-7-9-21-18(20)13-17)11-12-23(15)14-16-5-3-2-4-6-16/h2-7,9,13,15H,8,10-12,14H2,1H3/t15-/m0/s1. The molecule has 0 N–H and O–H groups in total. The first-order valence-corrected chi connectivity index (χ1v) is 8.32. The molecule has 0 spiro atoms. The van der Waals surface area contributed by atoms with Crippen LogP contribution in [-0.4, -0.2) is 46.4 Å². The highest BCUT2D eigenvalue weighted by molar-refractivity contribution is 5.94. The monoisotopic (exact) mass is 327 g/mol. The van der Waals surface area contributed by atoms with E-state index in [1.807, 2.05) is 23.1 Å². The SMILES string of the molecule is C[C@H]1CCN(C(=O)c2ccnc(F)c2)CCN1Cc1ccccc1. The summed E-state index contributed by atoms with van der Waals surface area (Å²) in [5.74, 6) is -0.736. The fourth-order valence-corrected chi connectivity index (χ4v) is 3.08. The normalized spacial score (nSPS) is 19.1. The number of rotatable bonds is 3. The number of benzene rings is 1. The van der Waals surface area contributed by atoms with Gasteiger partial charge in [0.2, 0.25) is 5.95 Å². The van der Waals surface area contributed by atoms with Gasteiger partial charge in [0.05, 0.1) is 0 Å². The lowest BCUT2D eigenvalue weighted by molar-refractivity contribution is 0.0760. The van der Waals surface area contributed by atoms with Gasteiger partial charge in [0, 0.05) is 50.0 Å². The highest BCUT2D eigenvalue weighted by atomic mass is 19.1. The molecular formula is C19H22FN3O.